The summed E-state index contributed by atoms with van der Waals surface area (Å²) in [7, 11) is 1.80. The van der Waals surface area contributed by atoms with Gasteiger partial charge in [-0.25, -0.2) is 4.39 Å². The van der Waals surface area contributed by atoms with Crippen LogP contribution in [0.5, 0.6) is 0 Å². The van der Waals surface area contributed by atoms with Crippen LogP contribution in [-0.4, -0.2) is 53.4 Å². The highest BCUT2D eigenvalue weighted by Crippen LogP contribution is 2.21. The van der Waals surface area contributed by atoms with Crippen LogP contribution in [0.25, 0.3) is 11.3 Å². The Kier molecular flexibility index (Phi) is 6.58. The first-order valence-corrected chi connectivity index (χ1v) is 9.41. The second-order valence-corrected chi connectivity index (χ2v) is 7.11. The van der Waals surface area contributed by atoms with Crippen LogP contribution >= 0.6 is 0 Å². The normalized spacial score (nSPS) is 19.4. The van der Waals surface area contributed by atoms with Gasteiger partial charge in [-0.2, -0.15) is 0 Å². The van der Waals surface area contributed by atoms with E-state index < -0.39 is 6.10 Å². The van der Waals surface area contributed by atoms with Gasteiger partial charge in [-0.1, -0.05) is 23.7 Å². The Morgan fingerprint density at radius 2 is 2.22 bits per heavy atom. The van der Waals surface area contributed by atoms with Crippen molar-refractivity contribution < 1.29 is 18.8 Å². The van der Waals surface area contributed by atoms with Gasteiger partial charge in [-0.3, -0.25) is 4.79 Å². The van der Waals surface area contributed by atoms with Gasteiger partial charge in [0.15, 0.2) is 0 Å². The molecule has 0 saturated carbocycles. The van der Waals surface area contributed by atoms with Crippen LogP contribution in [0.3, 0.4) is 0 Å². The van der Waals surface area contributed by atoms with E-state index in [-0.39, 0.29) is 17.8 Å². The fraction of sp³-hybridized carbons (Fsp3) is 0.500. The molecule has 6 nitrogen and oxygen atoms in total. The molecule has 1 aliphatic rings. The molecule has 7 heteroatoms. The topological polar surface area (TPSA) is 78.6 Å². The van der Waals surface area contributed by atoms with Crippen molar-refractivity contribution in [3.63, 3.8) is 0 Å². The number of aromatic nitrogens is 1. The Hall–Kier alpha value is -2.25. The molecule has 1 amide bonds. The van der Waals surface area contributed by atoms with Gasteiger partial charge in [-0.15, -0.1) is 0 Å². The van der Waals surface area contributed by atoms with Crippen molar-refractivity contribution in [2.75, 3.05) is 20.1 Å². The molecule has 1 aromatic heterocycles. The molecule has 27 heavy (non-hydrogen) atoms. The lowest BCUT2D eigenvalue weighted by Crippen LogP contribution is -2.41. The second kappa shape index (κ2) is 9.10. The van der Waals surface area contributed by atoms with Crippen molar-refractivity contribution in [2.24, 2.45) is 0 Å². The van der Waals surface area contributed by atoms with Crippen molar-refractivity contribution in [2.45, 2.75) is 44.2 Å². The number of halogens is 1. The van der Waals surface area contributed by atoms with Gasteiger partial charge in [-0.05, 0) is 31.4 Å². The summed E-state index contributed by atoms with van der Waals surface area (Å²) >= 11 is 0. The zero-order chi connectivity index (χ0) is 19.2. The van der Waals surface area contributed by atoms with E-state index in [1.54, 1.807) is 24.1 Å². The summed E-state index contributed by atoms with van der Waals surface area (Å²) in [4.78, 5) is 14.0. The van der Waals surface area contributed by atoms with Crippen LogP contribution in [0.2, 0.25) is 0 Å². The van der Waals surface area contributed by atoms with Crippen LogP contribution in [0.15, 0.2) is 34.9 Å². The van der Waals surface area contributed by atoms with Crippen LogP contribution in [0, 0.1) is 5.82 Å². The minimum Gasteiger partial charge on any atom is -0.392 e. The molecule has 2 atom stereocenters. The third-order valence-electron chi connectivity index (χ3n) is 4.88. The van der Waals surface area contributed by atoms with Gasteiger partial charge in [0.1, 0.15) is 17.3 Å². The van der Waals surface area contributed by atoms with Gasteiger partial charge in [0.25, 0.3) is 0 Å². The highest BCUT2D eigenvalue weighted by molar-refractivity contribution is 5.82. The number of carbonyl (C=O) groups excluding carboxylic acids is 1. The lowest BCUT2D eigenvalue weighted by Gasteiger charge is -2.21. The summed E-state index contributed by atoms with van der Waals surface area (Å²) < 4.78 is 18.6. The molecule has 1 aliphatic heterocycles. The summed E-state index contributed by atoms with van der Waals surface area (Å²) in [6, 6.07) is 7.88. The number of aryl methyl sites for hydroxylation is 1. The summed E-state index contributed by atoms with van der Waals surface area (Å²) in [5, 5.41) is 16.6. The highest BCUT2D eigenvalue weighted by atomic mass is 19.1. The monoisotopic (exact) mass is 375 g/mol. The molecule has 1 aromatic carbocycles. The predicted molar refractivity (Wildman–Crippen MR) is 99.5 cm³/mol. The third kappa shape index (κ3) is 5.37. The molecule has 2 aromatic rings. The van der Waals surface area contributed by atoms with E-state index in [0.29, 0.717) is 30.8 Å². The zero-order valence-corrected chi connectivity index (χ0v) is 15.5. The number of aliphatic hydroxyl groups is 1. The molecule has 0 radical (unpaired) electrons. The van der Waals surface area contributed by atoms with E-state index in [1.165, 1.54) is 12.1 Å². The fourth-order valence-corrected chi connectivity index (χ4v) is 3.32. The molecule has 1 saturated heterocycles. The number of benzene rings is 1. The maximum absolute atomic E-state index is 13.3. The molecule has 0 aliphatic carbocycles. The standard InChI is InChI=1S/C20H26FN3O3/c1-24(20(26)19-11-16(25)13-22-19)9-4-2-3-8-17-12-18(23-27-17)14-6-5-7-15(21)10-14/h5-7,10,12,16,19,22,25H,2-4,8-9,11,13H2,1H3. The minimum atomic E-state index is -0.425. The molecule has 1 fully saturated rings. The van der Waals surface area contributed by atoms with E-state index >= 15 is 0 Å². The number of β-amino-alcohol motifs (C(OH)–C–C–N with tert-alkyl or cyclic N) is 1. The number of likely N-dealkylation sites (N-methyl/N-ethyl adjacent to an activating group) is 1. The molecule has 0 bridgehead atoms. The van der Waals surface area contributed by atoms with Gasteiger partial charge in [0.2, 0.25) is 5.91 Å². The van der Waals surface area contributed by atoms with Crippen molar-refractivity contribution in [3.8, 4) is 11.3 Å². The van der Waals surface area contributed by atoms with Crippen molar-refractivity contribution in [1.29, 1.82) is 0 Å². The van der Waals surface area contributed by atoms with E-state index in [9.17, 15) is 14.3 Å². The molecule has 2 unspecified atom stereocenters. The predicted octanol–water partition coefficient (Wildman–Crippen LogP) is 2.37. The maximum atomic E-state index is 13.3. The van der Waals surface area contributed by atoms with Gasteiger partial charge >= 0.3 is 0 Å². The summed E-state index contributed by atoms with van der Waals surface area (Å²) in [6.07, 6.45) is 3.63. The number of aliphatic hydroxyl groups excluding tert-OH is 1. The van der Waals surface area contributed by atoms with Crippen LogP contribution in [0.1, 0.15) is 31.4 Å². The molecular formula is C20H26FN3O3. The average molecular weight is 375 g/mol. The quantitative estimate of drug-likeness (QED) is 0.693. The second-order valence-electron chi connectivity index (χ2n) is 7.11. The number of unbranched alkanes of at least 4 members (excludes halogenated alkanes) is 2. The van der Waals surface area contributed by atoms with Gasteiger partial charge in [0, 0.05) is 38.2 Å². The Labute approximate surface area is 158 Å². The first-order chi connectivity index (χ1) is 13.0. The van der Waals surface area contributed by atoms with Crippen LogP contribution in [0.4, 0.5) is 4.39 Å². The number of nitrogens with one attached hydrogen (secondary N) is 1. The highest BCUT2D eigenvalue weighted by Gasteiger charge is 2.29. The van der Waals surface area contributed by atoms with E-state index in [4.69, 9.17) is 4.52 Å². The van der Waals surface area contributed by atoms with E-state index in [1.807, 2.05) is 6.07 Å². The molecule has 0 spiro atoms. The minimum absolute atomic E-state index is 0.0431. The molecule has 3 rings (SSSR count). The molecule has 146 valence electrons. The largest absolute Gasteiger partial charge is 0.392 e. The Morgan fingerprint density at radius 1 is 1.37 bits per heavy atom. The number of amides is 1. The van der Waals surface area contributed by atoms with E-state index in [2.05, 4.69) is 10.5 Å². The lowest BCUT2D eigenvalue weighted by atomic mass is 10.1. The van der Waals surface area contributed by atoms with Gasteiger partial charge < -0.3 is 19.8 Å². The third-order valence-corrected chi connectivity index (χ3v) is 4.88. The van der Waals surface area contributed by atoms with Crippen molar-refractivity contribution in [1.82, 2.24) is 15.4 Å². The Bertz CT molecular complexity index is 764. The van der Waals surface area contributed by atoms with Gasteiger partial charge in [0.05, 0.1) is 12.1 Å². The lowest BCUT2D eigenvalue weighted by molar-refractivity contribution is -0.132. The Morgan fingerprint density at radius 3 is 2.96 bits per heavy atom. The fourth-order valence-electron chi connectivity index (χ4n) is 3.32. The number of hydrogen-bond acceptors (Lipinski definition) is 5. The van der Waals surface area contributed by atoms with Crippen LogP contribution < -0.4 is 5.32 Å². The maximum Gasteiger partial charge on any atom is 0.239 e. The van der Waals surface area contributed by atoms with Crippen molar-refractivity contribution in [3.05, 3.63) is 41.9 Å². The first-order valence-electron chi connectivity index (χ1n) is 9.41. The zero-order valence-electron chi connectivity index (χ0n) is 15.5. The number of rotatable bonds is 8. The van der Waals surface area contributed by atoms with Crippen LogP contribution in [-0.2, 0) is 11.2 Å². The smallest absolute Gasteiger partial charge is 0.239 e. The molecule has 2 heterocycles. The summed E-state index contributed by atoms with van der Waals surface area (Å²) in [5.74, 6) is 0.530. The Balaban J connectivity index is 1.36. The molecular weight excluding hydrogens is 349 g/mol. The number of nitrogens with zero attached hydrogens (tertiary/aromatic N) is 2. The average Bonchev–Trinajstić information content (AvgIpc) is 3.30. The SMILES string of the molecule is CN(CCCCCc1cc(-c2cccc(F)c2)no1)C(=O)C1CC(O)CN1. The number of carbonyl (C=O) groups is 1. The van der Waals surface area contributed by atoms with Crippen molar-refractivity contribution >= 4 is 5.91 Å². The summed E-state index contributed by atoms with van der Waals surface area (Å²) in [6.45, 7) is 1.18. The summed E-state index contributed by atoms with van der Waals surface area (Å²) in [5.41, 5.74) is 1.34. The number of hydrogen-bond donors (Lipinski definition) is 2. The van der Waals surface area contributed by atoms with E-state index in [0.717, 1.165) is 31.4 Å². The molecule has 2 N–H and O–H groups in total. The first kappa shape index (κ1) is 19.5.